The highest BCUT2D eigenvalue weighted by Gasteiger charge is 2.11. The topological polar surface area (TPSA) is 24.9 Å². The molecule has 2 aromatic rings. The molecular weight excluding hydrogens is 258 g/mol. The van der Waals surface area contributed by atoms with Crippen molar-refractivity contribution in [2.45, 2.75) is 25.8 Å². The van der Waals surface area contributed by atoms with Crippen molar-refractivity contribution in [3.8, 4) is 0 Å². The van der Waals surface area contributed by atoms with Crippen molar-refractivity contribution in [3.05, 3.63) is 65.5 Å². The molecule has 2 nitrogen and oxygen atoms in total. The van der Waals surface area contributed by atoms with Crippen LogP contribution in [0.4, 0.5) is 8.78 Å². The van der Waals surface area contributed by atoms with Gasteiger partial charge in [0.05, 0.1) is 0 Å². The zero-order valence-electron chi connectivity index (χ0n) is 11.4. The third-order valence-electron chi connectivity index (χ3n) is 3.10. The minimum Gasteiger partial charge on any atom is -0.314 e. The van der Waals surface area contributed by atoms with E-state index in [0.717, 1.165) is 24.6 Å². The quantitative estimate of drug-likeness (QED) is 0.877. The molecule has 0 aliphatic carbocycles. The normalized spacial score (nSPS) is 12.3. The number of likely N-dealkylation sites (N-methyl/N-ethyl adjacent to an activating group) is 1. The van der Waals surface area contributed by atoms with Crippen molar-refractivity contribution < 1.29 is 8.78 Å². The highest BCUT2D eigenvalue weighted by atomic mass is 19.1. The Balaban J connectivity index is 2.08. The molecule has 0 saturated carbocycles. The van der Waals surface area contributed by atoms with E-state index in [4.69, 9.17) is 0 Å². The standard InChI is InChI=1S/C16H18F2N2/c1-2-20-16(8-12-4-3-5-19-11-12)9-13-6-14(17)10-15(18)7-13/h3-7,10-11,16,20H,2,8-9H2,1H3. The zero-order valence-corrected chi connectivity index (χ0v) is 11.4. The average molecular weight is 276 g/mol. The largest absolute Gasteiger partial charge is 0.314 e. The highest BCUT2D eigenvalue weighted by molar-refractivity contribution is 5.20. The number of hydrogen-bond donors (Lipinski definition) is 1. The van der Waals surface area contributed by atoms with Gasteiger partial charge in [-0.1, -0.05) is 13.0 Å². The van der Waals surface area contributed by atoms with Gasteiger partial charge in [0.2, 0.25) is 0 Å². The number of benzene rings is 1. The molecule has 0 aliphatic rings. The van der Waals surface area contributed by atoms with Crippen molar-refractivity contribution >= 4 is 0 Å². The summed E-state index contributed by atoms with van der Waals surface area (Å²) >= 11 is 0. The Kier molecular flexibility index (Phi) is 5.18. The third-order valence-corrected chi connectivity index (χ3v) is 3.10. The SMILES string of the molecule is CCNC(Cc1cccnc1)Cc1cc(F)cc(F)c1. The van der Waals surface area contributed by atoms with Gasteiger partial charge in [0, 0.05) is 24.5 Å². The second kappa shape index (κ2) is 7.10. The molecule has 0 amide bonds. The molecule has 1 aromatic carbocycles. The van der Waals surface area contributed by atoms with Gasteiger partial charge in [-0.25, -0.2) is 8.78 Å². The number of nitrogens with one attached hydrogen (secondary N) is 1. The van der Waals surface area contributed by atoms with Gasteiger partial charge in [-0.2, -0.15) is 0 Å². The molecule has 1 aromatic heterocycles. The van der Waals surface area contributed by atoms with E-state index in [9.17, 15) is 8.78 Å². The maximum Gasteiger partial charge on any atom is 0.126 e. The molecule has 1 N–H and O–H groups in total. The van der Waals surface area contributed by atoms with E-state index in [1.54, 1.807) is 6.20 Å². The van der Waals surface area contributed by atoms with Crippen molar-refractivity contribution in [3.63, 3.8) is 0 Å². The monoisotopic (exact) mass is 276 g/mol. The molecule has 1 atom stereocenters. The van der Waals surface area contributed by atoms with Crippen molar-refractivity contribution in [1.82, 2.24) is 10.3 Å². The van der Waals surface area contributed by atoms with Gasteiger partial charge in [0.15, 0.2) is 0 Å². The summed E-state index contributed by atoms with van der Waals surface area (Å²) in [6.07, 6.45) is 4.90. The fourth-order valence-corrected chi connectivity index (χ4v) is 2.32. The molecule has 20 heavy (non-hydrogen) atoms. The Morgan fingerprint density at radius 1 is 1.10 bits per heavy atom. The predicted octanol–water partition coefficient (Wildman–Crippen LogP) is 3.12. The first-order valence-electron chi connectivity index (χ1n) is 6.74. The van der Waals surface area contributed by atoms with Crippen LogP contribution >= 0.6 is 0 Å². The molecule has 1 unspecified atom stereocenters. The Hall–Kier alpha value is -1.81. The fraction of sp³-hybridized carbons (Fsp3) is 0.312. The Morgan fingerprint density at radius 2 is 1.80 bits per heavy atom. The van der Waals surface area contributed by atoms with Crippen LogP contribution in [0.5, 0.6) is 0 Å². The first-order chi connectivity index (χ1) is 9.67. The first-order valence-corrected chi connectivity index (χ1v) is 6.74. The number of nitrogens with zero attached hydrogens (tertiary/aromatic N) is 1. The van der Waals surface area contributed by atoms with Crippen molar-refractivity contribution in [2.75, 3.05) is 6.54 Å². The van der Waals surface area contributed by atoms with Crippen LogP contribution < -0.4 is 5.32 Å². The molecule has 0 spiro atoms. The van der Waals surface area contributed by atoms with E-state index in [-0.39, 0.29) is 6.04 Å². The summed E-state index contributed by atoms with van der Waals surface area (Å²) in [4.78, 5) is 4.09. The molecule has 0 saturated heterocycles. The molecule has 2 rings (SSSR count). The third kappa shape index (κ3) is 4.38. The lowest BCUT2D eigenvalue weighted by Gasteiger charge is -2.18. The minimum absolute atomic E-state index is 0.130. The Labute approximate surface area is 117 Å². The zero-order chi connectivity index (χ0) is 14.4. The Morgan fingerprint density at radius 3 is 2.40 bits per heavy atom. The molecule has 0 fully saturated rings. The van der Waals surface area contributed by atoms with E-state index in [1.165, 1.54) is 12.1 Å². The van der Waals surface area contributed by atoms with Crippen LogP contribution in [0.1, 0.15) is 18.1 Å². The van der Waals surface area contributed by atoms with Gasteiger partial charge in [-0.15, -0.1) is 0 Å². The minimum atomic E-state index is -0.531. The van der Waals surface area contributed by atoms with Crippen LogP contribution in [-0.2, 0) is 12.8 Å². The summed E-state index contributed by atoms with van der Waals surface area (Å²) in [5, 5.41) is 3.35. The fourth-order valence-electron chi connectivity index (χ4n) is 2.32. The van der Waals surface area contributed by atoms with Crippen LogP contribution in [-0.4, -0.2) is 17.6 Å². The van der Waals surface area contributed by atoms with Crippen LogP contribution in [0, 0.1) is 11.6 Å². The number of hydrogen-bond acceptors (Lipinski definition) is 2. The van der Waals surface area contributed by atoms with Crippen LogP contribution in [0.25, 0.3) is 0 Å². The second-order valence-electron chi connectivity index (χ2n) is 4.80. The van der Waals surface area contributed by atoms with E-state index in [2.05, 4.69) is 10.3 Å². The van der Waals surface area contributed by atoms with Gasteiger partial charge in [0.25, 0.3) is 0 Å². The number of aromatic nitrogens is 1. The molecule has 1 heterocycles. The first kappa shape index (κ1) is 14.6. The predicted molar refractivity (Wildman–Crippen MR) is 75.5 cm³/mol. The van der Waals surface area contributed by atoms with Gasteiger partial charge in [0.1, 0.15) is 11.6 Å². The van der Waals surface area contributed by atoms with Crippen LogP contribution in [0.15, 0.2) is 42.7 Å². The highest BCUT2D eigenvalue weighted by Crippen LogP contribution is 2.12. The van der Waals surface area contributed by atoms with E-state index in [0.29, 0.717) is 12.0 Å². The van der Waals surface area contributed by atoms with Crippen LogP contribution in [0.2, 0.25) is 0 Å². The maximum absolute atomic E-state index is 13.2. The number of pyridine rings is 1. The van der Waals surface area contributed by atoms with Gasteiger partial charge in [-0.05, 0) is 48.7 Å². The van der Waals surface area contributed by atoms with Crippen molar-refractivity contribution in [2.24, 2.45) is 0 Å². The van der Waals surface area contributed by atoms with E-state index < -0.39 is 11.6 Å². The summed E-state index contributed by atoms with van der Waals surface area (Å²) in [5.41, 5.74) is 1.77. The molecule has 0 bridgehead atoms. The summed E-state index contributed by atoms with van der Waals surface area (Å²) in [6, 6.07) is 7.69. The lowest BCUT2D eigenvalue weighted by atomic mass is 9.99. The maximum atomic E-state index is 13.2. The van der Waals surface area contributed by atoms with Crippen molar-refractivity contribution in [1.29, 1.82) is 0 Å². The summed E-state index contributed by atoms with van der Waals surface area (Å²) in [6.45, 7) is 2.82. The van der Waals surface area contributed by atoms with Crippen LogP contribution in [0.3, 0.4) is 0 Å². The summed E-state index contributed by atoms with van der Waals surface area (Å²) in [7, 11) is 0. The average Bonchev–Trinajstić information content (AvgIpc) is 2.39. The van der Waals surface area contributed by atoms with Gasteiger partial charge >= 0.3 is 0 Å². The van der Waals surface area contributed by atoms with Gasteiger partial charge in [-0.3, -0.25) is 4.98 Å². The number of halogens is 2. The number of rotatable bonds is 6. The lowest BCUT2D eigenvalue weighted by Crippen LogP contribution is -2.33. The Bertz CT molecular complexity index is 523. The van der Waals surface area contributed by atoms with E-state index in [1.807, 2.05) is 25.3 Å². The molecular formula is C16H18F2N2. The molecule has 4 heteroatoms. The molecule has 106 valence electrons. The smallest absolute Gasteiger partial charge is 0.126 e. The summed E-state index contributed by atoms with van der Waals surface area (Å²) in [5.74, 6) is -1.06. The molecule has 0 aliphatic heterocycles. The van der Waals surface area contributed by atoms with E-state index >= 15 is 0 Å². The molecule has 0 radical (unpaired) electrons. The second-order valence-corrected chi connectivity index (χ2v) is 4.80. The summed E-state index contributed by atoms with van der Waals surface area (Å²) < 4.78 is 26.4. The lowest BCUT2D eigenvalue weighted by molar-refractivity contribution is 0.515. The van der Waals surface area contributed by atoms with Gasteiger partial charge < -0.3 is 5.32 Å².